The Morgan fingerprint density at radius 1 is 0.808 bits per heavy atom. The molecule has 2 aromatic rings. The summed E-state index contributed by atoms with van der Waals surface area (Å²) < 4.78 is 0. The fraction of sp³-hybridized carbons (Fsp3) is 0.435. The quantitative estimate of drug-likeness (QED) is 0.600. The van der Waals surface area contributed by atoms with E-state index in [4.69, 9.17) is 5.73 Å². The van der Waals surface area contributed by atoms with E-state index in [9.17, 15) is 4.79 Å². The fourth-order valence-electron chi connectivity index (χ4n) is 3.25. The molecule has 140 valence electrons. The molecular weight excluding hydrogens is 320 g/mol. The molecule has 0 aliphatic heterocycles. The topological polar surface area (TPSA) is 55.1 Å². The second-order valence-corrected chi connectivity index (χ2v) is 6.91. The lowest BCUT2D eigenvalue weighted by Gasteiger charge is -2.19. The molecule has 26 heavy (non-hydrogen) atoms. The second kappa shape index (κ2) is 12.3. The van der Waals surface area contributed by atoms with Gasteiger partial charge in [0, 0.05) is 12.5 Å². The summed E-state index contributed by atoms with van der Waals surface area (Å²) in [5.41, 5.74) is 8.25. The highest BCUT2D eigenvalue weighted by molar-refractivity contribution is 5.76. The van der Waals surface area contributed by atoms with E-state index in [-0.39, 0.29) is 11.9 Å². The monoisotopic (exact) mass is 352 g/mol. The summed E-state index contributed by atoms with van der Waals surface area (Å²) in [5, 5.41) is 3.23. The Hall–Kier alpha value is -2.13. The van der Waals surface area contributed by atoms with Crippen LogP contribution in [-0.4, -0.2) is 18.5 Å². The molecule has 0 fully saturated rings. The minimum absolute atomic E-state index is 0.139. The van der Waals surface area contributed by atoms with Crippen LogP contribution in [0.1, 0.15) is 49.7 Å². The van der Waals surface area contributed by atoms with E-state index in [1.165, 1.54) is 11.1 Å². The molecule has 0 radical (unpaired) electrons. The van der Waals surface area contributed by atoms with Crippen LogP contribution >= 0.6 is 0 Å². The smallest absolute Gasteiger partial charge is 0.220 e. The van der Waals surface area contributed by atoms with Crippen LogP contribution < -0.4 is 11.1 Å². The van der Waals surface area contributed by atoms with Crippen LogP contribution in [0.2, 0.25) is 0 Å². The maximum Gasteiger partial charge on any atom is 0.220 e. The summed E-state index contributed by atoms with van der Waals surface area (Å²) in [6, 6.07) is 21.4. The molecule has 0 aliphatic carbocycles. The Labute approximate surface area is 158 Å². The van der Waals surface area contributed by atoms with Gasteiger partial charge in [0.1, 0.15) is 0 Å². The van der Waals surface area contributed by atoms with Crippen molar-refractivity contribution in [1.82, 2.24) is 5.32 Å². The van der Waals surface area contributed by atoms with Crippen LogP contribution in [0, 0.1) is 0 Å². The van der Waals surface area contributed by atoms with Crippen LogP contribution in [0.3, 0.4) is 0 Å². The van der Waals surface area contributed by atoms with Crippen LogP contribution in [0.5, 0.6) is 0 Å². The van der Waals surface area contributed by atoms with Crippen molar-refractivity contribution in [2.75, 3.05) is 6.54 Å². The van der Waals surface area contributed by atoms with Crippen molar-refractivity contribution in [2.45, 2.75) is 57.4 Å². The molecule has 3 heteroatoms. The number of carbonyl (C=O) groups is 1. The zero-order valence-electron chi connectivity index (χ0n) is 15.7. The number of aryl methyl sites for hydroxylation is 2. The Balaban J connectivity index is 1.78. The SMILES string of the molecule is NCCCC(=O)NC(CCCc1ccccc1)CCCc1ccccc1. The van der Waals surface area contributed by atoms with Gasteiger partial charge in [0.05, 0.1) is 0 Å². The summed E-state index contributed by atoms with van der Waals surface area (Å²) >= 11 is 0. The Kier molecular flexibility index (Phi) is 9.52. The van der Waals surface area contributed by atoms with Gasteiger partial charge in [-0.1, -0.05) is 60.7 Å². The zero-order valence-corrected chi connectivity index (χ0v) is 15.7. The largest absolute Gasteiger partial charge is 0.353 e. The van der Waals surface area contributed by atoms with Gasteiger partial charge in [-0.05, 0) is 62.6 Å². The number of nitrogens with two attached hydrogens (primary N) is 1. The van der Waals surface area contributed by atoms with Crippen LogP contribution in [-0.2, 0) is 17.6 Å². The van der Waals surface area contributed by atoms with Gasteiger partial charge in [0.2, 0.25) is 5.91 Å². The van der Waals surface area contributed by atoms with Gasteiger partial charge in [-0.3, -0.25) is 4.79 Å². The lowest BCUT2D eigenvalue weighted by molar-refractivity contribution is -0.121. The number of amides is 1. The van der Waals surface area contributed by atoms with Gasteiger partial charge in [0.15, 0.2) is 0 Å². The lowest BCUT2D eigenvalue weighted by atomic mass is 9.99. The number of rotatable bonds is 12. The fourth-order valence-corrected chi connectivity index (χ4v) is 3.25. The van der Waals surface area contributed by atoms with Gasteiger partial charge >= 0.3 is 0 Å². The normalized spacial score (nSPS) is 10.8. The summed E-state index contributed by atoms with van der Waals surface area (Å²) in [7, 11) is 0. The minimum Gasteiger partial charge on any atom is -0.353 e. The highest BCUT2D eigenvalue weighted by Gasteiger charge is 2.12. The van der Waals surface area contributed by atoms with Crippen molar-refractivity contribution in [3.63, 3.8) is 0 Å². The van der Waals surface area contributed by atoms with Crippen LogP contribution in [0.15, 0.2) is 60.7 Å². The molecule has 0 bridgehead atoms. The number of carbonyl (C=O) groups excluding carboxylic acids is 1. The molecule has 0 aromatic heterocycles. The summed E-state index contributed by atoms with van der Waals surface area (Å²) in [6.07, 6.45) is 7.66. The van der Waals surface area contributed by atoms with Gasteiger partial charge in [0.25, 0.3) is 0 Å². The number of hydrogen-bond donors (Lipinski definition) is 2. The third-order valence-electron chi connectivity index (χ3n) is 4.69. The van der Waals surface area contributed by atoms with Crippen molar-refractivity contribution < 1.29 is 4.79 Å². The first kappa shape index (κ1) is 20.2. The predicted octanol–water partition coefficient (Wildman–Crippen LogP) is 4.26. The van der Waals surface area contributed by atoms with Crippen molar-refractivity contribution in [3.8, 4) is 0 Å². The van der Waals surface area contributed by atoms with Crippen molar-refractivity contribution in [1.29, 1.82) is 0 Å². The van der Waals surface area contributed by atoms with Crippen molar-refractivity contribution in [3.05, 3.63) is 71.8 Å². The molecule has 0 aliphatic rings. The highest BCUT2D eigenvalue weighted by Crippen LogP contribution is 2.13. The van der Waals surface area contributed by atoms with Gasteiger partial charge < -0.3 is 11.1 Å². The van der Waals surface area contributed by atoms with Gasteiger partial charge in [-0.25, -0.2) is 0 Å². The lowest BCUT2D eigenvalue weighted by Crippen LogP contribution is -2.35. The first-order chi connectivity index (χ1) is 12.8. The average Bonchev–Trinajstić information content (AvgIpc) is 2.68. The maximum atomic E-state index is 12.1. The number of benzene rings is 2. The Morgan fingerprint density at radius 3 is 1.77 bits per heavy atom. The standard InChI is InChI=1S/C23H32N2O/c24-19-9-18-23(26)25-22(16-7-14-20-10-3-1-4-11-20)17-8-15-21-12-5-2-6-13-21/h1-6,10-13,22H,7-9,14-19,24H2,(H,25,26). The van der Waals surface area contributed by atoms with E-state index in [0.29, 0.717) is 13.0 Å². The zero-order chi connectivity index (χ0) is 18.5. The van der Waals surface area contributed by atoms with Crippen molar-refractivity contribution >= 4 is 5.91 Å². The molecule has 0 unspecified atom stereocenters. The molecule has 0 heterocycles. The van der Waals surface area contributed by atoms with E-state index in [2.05, 4.69) is 53.8 Å². The van der Waals surface area contributed by atoms with Gasteiger partial charge in [-0.15, -0.1) is 0 Å². The maximum absolute atomic E-state index is 12.1. The third-order valence-corrected chi connectivity index (χ3v) is 4.69. The molecule has 1 amide bonds. The molecule has 3 N–H and O–H groups in total. The summed E-state index contributed by atoms with van der Waals surface area (Å²) in [6.45, 7) is 0.570. The van der Waals surface area contributed by atoms with E-state index < -0.39 is 0 Å². The minimum atomic E-state index is 0.139. The Bertz CT molecular complexity index is 567. The second-order valence-electron chi connectivity index (χ2n) is 6.91. The van der Waals surface area contributed by atoms with E-state index in [1.807, 2.05) is 12.1 Å². The van der Waals surface area contributed by atoms with E-state index >= 15 is 0 Å². The Morgan fingerprint density at radius 2 is 1.31 bits per heavy atom. The molecule has 0 spiro atoms. The van der Waals surface area contributed by atoms with Crippen LogP contribution in [0.4, 0.5) is 0 Å². The molecule has 3 nitrogen and oxygen atoms in total. The van der Waals surface area contributed by atoms with Crippen LogP contribution in [0.25, 0.3) is 0 Å². The number of nitrogens with one attached hydrogen (secondary N) is 1. The van der Waals surface area contributed by atoms with Gasteiger partial charge in [-0.2, -0.15) is 0 Å². The first-order valence-corrected chi connectivity index (χ1v) is 9.85. The summed E-state index contributed by atoms with van der Waals surface area (Å²) in [5.74, 6) is 0.139. The average molecular weight is 353 g/mol. The van der Waals surface area contributed by atoms with Crippen molar-refractivity contribution in [2.24, 2.45) is 5.73 Å². The molecule has 0 saturated carbocycles. The molecule has 0 atom stereocenters. The van der Waals surface area contributed by atoms with E-state index in [0.717, 1.165) is 44.9 Å². The predicted molar refractivity (Wildman–Crippen MR) is 109 cm³/mol. The summed E-state index contributed by atoms with van der Waals surface area (Å²) in [4.78, 5) is 12.1. The molecular formula is C23H32N2O. The third kappa shape index (κ3) is 8.30. The van der Waals surface area contributed by atoms with E-state index in [1.54, 1.807) is 0 Å². The molecule has 2 aromatic carbocycles. The highest BCUT2D eigenvalue weighted by atomic mass is 16.1. The molecule has 2 rings (SSSR count). The molecule has 0 saturated heterocycles. The number of hydrogen-bond acceptors (Lipinski definition) is 2. The first-order valence-electron chi connectivity index (χ1n) is 9.85.